The highest BCUT2D eigenvalue weighted by Crippen LogP contribution is 2.27. The topological polar surface area (TPSA) is 41.4 Å². The lowest BCUT2D eigenvalue weighted by Gasteiger charge is -2.39. The Morgan fingerprint density at radius 2 is 2.23 bits per heavy atom. The van der Waals surface area contributed by atoms with Gasteiger partial charge in [-0.15, -0.1) is 11.3 Å². The molecular formula is C16H22N4OS. The molecule has 0 spiro atoms. The third-order valence-electron chi connectivity index (χ3n) is 4.46. The molecule has 1 aliphatic heterocycles. The Morgan fingerprint density at radius 3 is 2.86 bits per heavy atom. The van der Waals surface area contributed by atoms with Crippen molar-refractivity contribution in [2.45, 2.75) is 18.9 Å². The number of carbonyl (C=O) groups excluding carboxylic acids is 1. The van der Waals surface area contributed by atoms with Crippen LogP contribution < -0.4 is 0 Å². The third-order valence-corrected chi connectivity index (χ3v) is 5.51. The van der Waals surface area contributed by atoms with Crippen molar-refractivity contribution in [1.29, 1.82) is 0 Å². The molecule has 3 heterocycles. The first-order chi connectivity index (χ1) is 10.6. The molecule has 0 aromatic carbocycles. The van der Waals surface area contributed by atoms with Gasteiger partial charge < -0.3 is 9.47 Å². The highest BCUT2D eigenvalue weighted by molar-refractivity contribution is 7.10. The first-order valence-corrected chi connectivity index (χ1v) is 8.45. The number of piperazine rings is 1. The van der Waals surface area contributed by atoms with Gasteiger partial charge in [-0.05, 0) is 25.4 Å². The molecule has 118 valence electrons. The van der Waals surface area contributed by atoms with E-state index in [9.17, 15) is 4.79 Å². The molecule has 2 aromatic rings. The zero-order valence-electron chi connectivity index (χ0n) is 13.3. The minimum absolute atomic E-state index is 0.0644. The number of hydrogen-bond acceptors (Lipinski definition) is 4. The minimum atomic E-state index is -0.0644. The van der Waals surface area contributed by atoms with E-state index in [1.807, 2.05) is 53.3 Å². The Morgan fingerprint density at radius 1 is 1.41 bits per heavy atom. The maximum Gasteiger partial charge on any atom is 0.230 e. The number of aromatic nitrogens is 2. The SMILES string of the molecule is C[C@H](C(=O)N1CCN(C)[C@@H](c2nccn2C)C1)c1cccs1. The summed E-state index contributed by atoms with van der Waals surface area (Å²) in [6.45, 7) is 4.37. The minimum Gasteiger partial charge on any atom is -0.339 e. The van der Waals surface area contributed by atoms with Gasteiger partial charge in [-0.1, -0.05) is 6.07 Å². The molecule has 5 nitrogen and oxygen atoms in total. The second-order valence-corrected chi connectivity index (χ2v) is 6.89. The molecule has 1 saturated heterocycles. The van der Waals surface area contributed by atoms with Gasteiger partial charge in [0.25, 0.3) is 0 Å². The van der Waals surface area contributed by atoms with Crippen LogP contribution in [-0.2, 0) is 11.8 Å². The van der Waals surface area contributed by atoms with Gasteiger partial charge in [0.2, 0.25) is 5.91 Å². The molecule has 0 N–H and O–H groups in total. The van der Waals surface area contributed by atoms with Gasteiger partial charge in [-0.2, -0.15) is 0 Å². The van der Waals surface area contributed by atoms with Crippen LogP contribution in [0.5, 0.6) is 0 Å². The molecule has 6 heteroatoms. The van der Waals surface area contributed by atoms with E-state index >= 15 is 0 Å². The molecular weight excluding hydrogens is 296 g/mol. The number of rotatable bonds is 3. The summed E-state index contributed by atoms with van der Waals surface area (Å²) in [5, 5.41) is 2.03. The number of nitrogens with zero attached hydrogens (tertiary/aromatic N) is 4. The van der Waals surface area contributed by atoms with Crippen LogP contribution in [0, 0.1) is 0 Å². The van der Waals surface area contributed by atoms with Crippen molar-refractivity contribution < 1.29 is 4.79 Å². The largest absolute Gasteiger partial charge is 0.339 e. The number of aryl methyl sites for hydroxylation is 1. The fourth-order valence-electron chi connectivity index (χ4n) is 2.98. The molecule has 22 heavy (non-hydrogen) atoms. The summed E-state index contributed by atoms with van der Waals surface area (Å²) in [5.74, 6) is 1.17. The van der Waals surface area contributed by atoms with Crippen LogP contribution in [0.3, 0.4) is 0 Å². The van der Waals surface area contributed by atoms with Gasteiger partial charge in [-0.3, -0.25) is 9.69 Å². The van der Waals surface area contributed by atoms with Crippen LogP contribution >= 0.6 is 11.3 Å². The number of amides is 1. The number of imidazole rings is 1. The van der Waals surface area contributed by atoms with Crippen molar-refractivity contribution in [3.8, 4) is 0 Å². The van der Waals surface area contributed by atoms with Crippen molar-refractivity contribution in [2.75, 3.05) is 26.7 Å². The van der Waals surface area contributed by atoms with E-state index in [1.165, 1.54) is 0 Å². The average Bonchev–Trinajstić information content (AvgIpc) is 3.18. The Kier molecular flexibility index (Phi) is 4.31. The molecule has 0 saturated carbocycles. The fraction of sp³-hybridized carbons (Fsp3) is 0.500. The molecule has 0 radical (unpaired) electrons. The number of likely N-dealkylation sites (N-methyl/N-ethyl adjacent to an activating group) is 1. The average molecular weight is 318 g/mol. The first-order valence-electron chi connectivity index (χ1n) is 7.57. The first kappa shape index (κ1) is 15.2. The zero-order valence-corrected chi connectivity index (χ0v) is 14.1. The van der Waals surface area contributed by atoms with Gasteiger partial charge >= 0.3 is 0 Å². The van der Waals surface area contributed by atoms with Gasteiger partial charge in [0, 0.05) is 44.0 Å². The molecule has 0 unspecified atom stereocenters. The van der Waals surface area contributed by atoms with E-state index in [2.05, 4.69) is 16.9 Å². The molecule has 2 atom stereocenters. The monoisotopic (exact) mass is 318 g/mol. The molecule has 1 amide bonds. The van der Waals surface area contributed by atoms with Gasteiger partial charge in [0.15, 0.2) is 0 Å². The lowest BCUT2D eigenvalue weighted by atomic mass is 10.1. The zero-order chi connectivity index (χ0) is 15.7. The summed E-state index contributed by atoms with van der Waals surface area (Å²) < 4.78 is 2.04. The van der Waals surface area contributed by atoms with E-state index in [0.717, 1.165) is 23.8 Å². The molecule has 0 bridgehead atoms. The van der Waals surface area contributed by atoms with Gasteiger partial charge in [0.05, 0.1) is 12.0 Å². The second-order valence-electron chi connectivity index (χ2n) is 5.91. The summed E-state index contributed by atoms with van der Waals surface area (Å²) in [6, 6.07) is 4.21. The standard InChI is InChI=1S/C16H22N4OS/c1-12(14-5-4-10-22-14)16(21)20-9-8-18(2)13(11-20)15-17-6-7-19(15)3/h4-7,10,12-13H,8-9,11H2,1-3H3/t12-,13+/m0/s1. The van der Waals surface area contributed by atoms with Crippen LogP contribution in [0.25, 0.3) is 0 Å². The second kappa shape index (κ2) is 6.22. The summed E-state index contributed by atoms with van der Waals surface area (Å²) in [4.78, 5) is 22.7. The fourth-order valence-corrected chi connectivity index (χ4v) is 3.76. The summed E-state index contributed by atoms with van der Waals surface area (Å²) in [6.07, 6.45) is 3.77. The van der Waals surface area contributed by atoms with Crippen LogP contribution in [0.1, 0.15) is 29.6 Å². The molecule has 1 aliphatic rings. The summed E-state index contributed by atoms with van der Waals surface area (Å²) in [5.41, 5.74) is 0. The normalized spacial score (nSPS) is 21.0. The van der Waals surface area contributed by atoms with Gasteiger partial charge in [-0.25, -0.2) is 4.98 Å². The van der Waals surface area contributed by atoms with Crippen molar-refractivity contribution >= 4 is 17.2 Å². The number of carbonyl (C=O) groups is 1. The lowest BCUT2D eigenvalue weighted by molar-refractivity contribution is -0.135. The smallest absolute Gasteiger partial charge is 0.230 e. The number of hydrogen-bond donors (Lipinski definition) is 0. The van der Waals surface area contributed by atoms with Gasteiger partial charge in [0.1, 0.15) is 5.82 Å². The van der Waals surface area contributed by atoms with Crippen molar-refractivity contribution in [2.24, 2.45) is 7.05 Å². The molecule has 3 rings (SSSR count). The van der Waals surface area contributed by atoms with Crippen LogP contribution in [0.15, 0.2) is 29.9 Å². The highest BCUT2D eigenvalue weighted by atomic mass is 32.1. The third kappa shape index (κ3) is 2.80. The van der Waals surface area contributed by atoms with Crippen molar-refractivity contribution in [3.05, 3.63) is 40.6 Å². The Labute approximate surface area is 135 Å². The molecule has 2 aromatic heterocycles. The summed E-state index contributed by atoms with van der Waals surface area (Å²) in [7, 11) is 4.11. The molecule has 0 aliphatic carbocycles. The van der Waals surface area contributed by atoms with Crippen LogP contribution in [0.4, 0.5) is 0 Å². The maximum absolute atomic E-state index is 12.8. The van der Waals surface area contributed by atoms with E-state index in [4.69, 9.17) is 0 Å². The number of thiophene rings is 1. The predicted molar refractivity (Wildman–Crippen MR) is 87.9 cm³/mol. The Balaban J connectivity index is 1.75. The van der Waals surface area contributed by atoms with E-state index < -0.39 is 0 Å². The van der Waals surface area contributed by atoms with E-state index in [0.29, 0.717) is 6.54 Å². The Bertz CT molecular complexity index is 636. The molecule has 1 fully saturated rings. The highest BCUT2D eigenvalue weighted by Gasteiger charge is 2.32. The van der Waals surface area contributed by atoms with Crippen molar-refractivity contribution in [3.63, 3.8) is 0 Å². The predicted octanol–water partition coefficient (Wildman–Crippen LogP) is 2.10. The van der Waals surface area contributed by atoms with E-state index in [-0.39, 0.29) is 17.9 Å². The quantitative estimate of drug-likeness (QED) is 0.870. The maximum atomic E-state index is 12.8. The van der Waals surface area contributed by atoms with Crippen LogP contribution in [0.2, 0.25) is 0 Å². The van der Waals surface area contributed by atoms with Crippen LogP contribution in [-0.4, -0.2) is 51.9 Å². The lowest BCUT2D eigenvalue weighted by Crippen LogP contribution is -2.50. The van der Waals surface area contributed by atoms with E-state index in [1.54, 1.807) is 11.3 Å². The summed E-state index contributed by atoms with van der Waals surface area (Å²) >= 11 is 1.65. The Hall–Kier alpha value is -1.66. The van der Waals surface area contributed by atoms with Crippen molar-refractivity contribution in [1.82, 2.24) is 19.4 Å².